The first-order valence-corrected chi connectivity index (χ1v) is 6.47. The van der Waals surface area contributed by atoms with Gasteiger partial charge >= 0.3 is 0 Å². The molecule has 1 heterocycles. The van der Waals surface area contributed by atoms with Crippen LogP contribution in [0.3, 0.4) is 0 Å². The summed E-state index contributed by atoms with van der Waals surface area (Å²) in [5, 5.41) is 0.467. The highest BCUT2D eigenvalue weighted by Crippen LogP contribution is 2.32. The third-order valence-electron chi connectivity index (χ3n) is 2.86. The topological polar surface area (TPSA) is 29.0 Å². The number of rotatable bonds is 5. The molecule has 88 valence electrons. The normalized spacial score (nSPS) is 15.2. The molecule has 3 nitrogen and oxygen atoms in total. The second-order valence-corrected chi connectivity index (χ2v) is 4.71. The Bertz CT molecular complexity index is 366. The van der Waals surface area contributed by atoms with Gasteiger partial charge in [-0.05, 0) is 25.7 Å². The zero-order valence-electron chi connectivity index (χ0n) is 9.29. The highest BCUT2D eigenvalue weighted by Gasteiger charge is 2.25. The molecule has 0 bridgehead atoms. The maximum Gasteiger partial charge on any atom is 0.138 e. The van der Waals surface area contributed by atoms with Gasteiger partial charge in [0.1, 0.15) is 17.3 Å². The van der Waals surface area contributed by atoms with E-state index < -0.39 is 0 Å². The molecule has 0 spiro atoms. The lowest BCUT2D eigenvalue weighted by Gasteiger charge is -2.23. The average molecular weight is 260 g/mol. The first-order chi connectivity index (χ1) is 7.76. The van der Waals surface area contributed by atoms with Gasteiger partial charge in [-0.1, -0.05) is 11.6 Å². The Labute approximate surface area is 106 Å². The molecule has 16 heavy (non-hydrogen) atoms. The van der Waals surface area contributed by atoms with E-state index in [9.17, 15) is 0 Å². The molecular formula is C11H15Cl2N3. The van der Waals surface area contributed by atoms with Gasteiger partial charge in [0.15, 0.2) is 0 Å². The van der Waals surface area contributed by atoms with Crippen LogP contribution in [-0.4, -0.2) is 23.1 Å². The zero-order chi connectivity index (χ0) is 11.5. The number of halogens is 2. The predicted octanol–water partition coefficient (Wildman–Crippen LogP) is 3.11. The highest BCUT2D eigenvalue weighted by atomic mass is 35.5. The molecule has 5 heteroatoms. The van der Waals surface area contributed by atoms with Crippen LogP contribution >= 0.6 is 23.2 Å². The van der Waals surface area contributed by atoms with Gasteiger partial charge in [0, 0.05) is 18.7 Å². The van der Waals surface area contributed by atoms with Gasteiger partial charge < -0.3 is 4.90 Å². The highest BCUT2D eigenvalue weighted by molar-refractivity contribution is 6.31. The second kappa shape index (κ2) is 5.19. The van der Waals surface area contributed by atoms with Crippen molar-refractivity contribution in [2.24, 2.45) is 5.92 Å². The minimum absolute atomic E-state index is 0.357. The molecule has 1 aromatic rings. The lowest BCUT2D eigenvalue weighted by molar-refractivity contribution is 0.727. The second-order valence-electron chi connectivity index (χ2n) is 4.08. The van der Waals surface area contributed by atoms with Crippen LogP contribution < -0.4 is 4.90 Å². The maximum absolute atomic E-state index is 6.02. The molecule has 1 fully saturated rings. The van der Waals surface area contributed by atoms with E-state index in [1.54, 1.807) is 0 Å². The minimum Gasteiger partial charge on any atom is -0.356 e. The Morgan fingerprint density at radius 3 is 2.75 bits per heavy atom. The van der Waals surface area contributed by atoms with E-state index in [1.807, 2.05) is 0 Å². The molecule has 0 aliphatic heterocycles. The molecule has 1 saturated carbocycles. The fraction of sp³-hybridized carbons (Fsp3) is 0.636. The fourth-order valence-corrected chi connectivity index (χ4v) is 2.26. The van der Waals surface area contributed by atoms with Crippen molar-refractivity contribution in [1.29, 1.82) is 0 Å². The molecule has 0 amide bonds. The Morgan fingerprint density at radius 2 is 2.19 bits per heavy atom. The molecule has 1 aliphatic carbocycles. The molecular weight excluding hydrogens is 245 g/mol. The Morgan fingerprint density at radius 1 is 1.44 bits per heavy atom. The molecule has 0 saturated heterocycles. The number of aromatic nitrogens is 2. The van der Waals surface area contributed by atoms with E-state index in [-0.39, 0.29) is 0 Å². The third kappa shape index (κ3) is 2.58. The van der Waals surface area contributed by atoms with Gasteiger partial charge in [-0.2, -0.15) is 0 Å². The molecule has 0 unspecified atom stereocenters. The Kier molecular flexibility index (Phi) is 3.87. The average Bonchev–Trinajstić information content (AvgIpc) is 3.09. The molecule has 0 aromatic carbocycles. The Hall–Kier alpha value is -0.540. The van der Waals surface area contributed by atoms with Gasteiger partial charge in [-0.3, -0.25) is 0 Å². The summed E-state index contributed by atoms with van der Waals surface area (Å²) < 4.78 is 0. The van der Waals surface area contributed by atoms with Crippen LogP contribution in [0.25, 0.3) is 0 Å². The SMILES string of the molecule is CCN(CC1CC1)c1ncnc(Cl)c1CCl. The van der Waals surface area contributed by atoms with Crippen LogP contribution in [0.4, 0.5) is 5.82 Å². The van der Waals surface area contributed by atoms with Gasteiger partial charge in [-0.25, -0.2) is 9.97 Å². The number of anilines is 1. The van der Waals surface area contributed by atoms with Crippen LogP contribution in [-0.2, 0) is 5.88 Å². The van der Waals surface area contributed by atoms with Crippen molar-refractivity contribution in [3.05, 3.63) is 17.0 Å². The number of hydrogen-bond donors (Lipinski definition) is 0. The van der Waals surface area contributed by atoms with Crippen LogP contribution in [0.15, 0.2) is 6.33 Å². The summed E-state index contributed by atoms with van der Waals surface area (Å²) in [7, 11) is 0. The lowest BCUT2D eigenvalue weighted by atomic mass is 10.3. The first kappa shape index (κ1) is 11.9. The maximum atomic E-state index is 6.02. The van der Waals surface area contributed by atoms with Crippen LogP contribution in [0.1, 0.15) is 25.3 Å². The van der Waals surface area contributed by atoms with Crippen LogP contribution in [0, 0.1) is 5.92 Å². The molecule has 0 atom stereocenters. The van der Waals surface area contributed by atoms with Crippen molar-refractivity contribution in [1.82, 2.24) is 9.97 Å². The summed E-state index contributed by atoms with van der Waals surface area (Å²) in [6.45, 7) is 4.10. The van der Waals surface area contributed by atoms with Gasteiger partial charge in [0.2, 0.25) is 0 Å². The van der Waals surface area contributed by atoms with Crippen molar-refractivity contribution in [2.75, 3.05) is 18.0 Å². The largest absolute Gasteiger partial charge is 0.356 e. The summed E-state index contributed by atoms with van der Waals surface area (Å²) in [5.41, 5.74) is 0.841. The van der Waals surface area contributed by atoms with Gasteiger partial charge in [-0.15, -0.1) is 11.6 Å². The third-order valence-corrected chi connectivity index (χ3v) is 3.45. The smallest absolute Gasteiger partial charge is 0.138 e. The summed E-state index contributed by atoms with van der Waals surface area (Å²) in [5.74, 6) is 2.07. The van der Waals surface area contributed by atoms with Crippen LogP contribution in [0.5, 0.6) is 0 Å². The first-order valence-electron chi connectivity index (χ1n) is 5.56. The monoisotopic (exact) mass is 259 g/mol. The molecule has 1 aromatic heterocycles. The Balaban J connectivity index is 2.24. The minimum atomic E-state index is 0.357. The van der Waals surface area contributed by atoms with Gasteiger partial charge in [0.05, 0.1) is 5.88 Å². The lowest BCUT2D eigenvalue weighted by Crippen LogP contribution is -2.27. The van der Waals surface area contributed by atoms with Crippen LogP contribution in [0.2, 0.25) is 5.15 Å². The van der Waals surface area contributed by atoms with E-state index >= 15 is 0 Å². The summed E-state index contributed by atoms with van der Waals surface area (Å²) in [6.07, 6.45) is 4.15. The van der Waals surface area contributed by atoms with E-state index in [2.05, 4.69) is 21.8 Å². The predicted molar refractivity (Wildman–Crippen MR) is 67.2 cm³/mol. The van der Waals surface area contributed by atoms with E-state index in [1.165, 1.54) is 19.2 Å². The van der Waals surface area contributed by atoms with Crippen molar-refractivity contribution < 1.29 is 0 Å². The van der Waals surface area contributed by atoms with E-state index in [4.69, 9.17) is 23.2 Å². The zero-order valence-corrected chi connectivity index (χ0v) is 10.8. The molecule has 1 aliphatic rings. The molecule has 2 rings (SSSR count). The molecule has 0 radical (unpaired) electrons. The summed E-state index contributed by atoms with van der Waals surface area (Å²) >= 11 is 11.9. The van der Waals surface area contributed by atoms with E-state index in [0.29, 0.717) is 11.0 Å². The van der Waals surface area contributed by atoms with Crippen molar-refractivity contribution in [3.8, 4) is 0 Å². The van der Waals surface area contributed by atoms with Crippen molar-refractivity contribution >= 4 is 29.0 Å². The number of alkyl halides is 1. The fourth-order valence-electron chi connectivity index (χ4n) is 1.75. The van der Waals surface area contributed by atoms with Crippen molar-refractivity contribution in [2.45, 2.75) is 25.6 Å². The number of nitrogens with zero attached hydrogens (tertiary/aromatic N) is 3. The molecule has 0 N–H and O–H groups in total. The van der Waals surface area contributed by atoms with E-state index in [0.717, 1.165) is 30.4 Å². The van der Waals surface area contributed by atoms with Crippen molar-refractivity contribution in [3.63, 3.8) is 0 Å². The number of hydrogen-bond acceptors (Lipinski definition) is 3. The summed E-state index contributed by atoms with van der Waals surface area (Å²) in [4.78, 5) is 10.5. The summed E-state index contributed by atoms with van der Waals surface area (Å²) in [6, 6.07) is 0. The quantitative estimate of drug-likeness (QED) is 0.601. The van der Waals surface area contributed by atoms with Gasteiger partial charge in [0.25, 0.3) is 0 Å². The standard InChI is InChI=1S/C11H15Cl2N3/c1-2-16(6-8-3-4-8)11-9(5-12)10(13)14-7-15-11/h7-8H,2-6H2,1H3.